The zero-order valence-electron chi connectivity index (χ0n) is 16.1. The highest BCUT2D eigenvalue weighted by molar-refractivity contribution is 7.22. The van der Waals surface area contributed by atoms with Gasteiger partial charge in [0.05, 0.1) is 48.1 Å². The molecule has 3 heterocycles. The Kier molecular flexibility index (Phi) is 5.46. The van der Waals surface area contributed by atoms with Gasteiger partial charge >= 0.3 is 5.69 Å². The molecule has 4 aromatic rings. The van der Waals surface area contributed by atoms with E-state index in [9.17, 15) is 20.0 Å². The fourth-order valence-electron chi connectivity index (χ4n) is 3.36. The van der Waals surface area contributed by atoms with E-state index in [1.165, 1.54) is 34.4 Å². The quantitative estimate of drug-likeness (QED) is 0.520. The molecule has 0 aliphatic rings. The van der Waals surface area contributed by atoms with Crippen LogP contribution >= 0.6 is 11.3 Å². The number of aliphatic hydroxyl groups is 1. The maximum Gasteiger partial charge on any atom is 0.336 e. The Bertz CT molecular complexity index is 1500. The van der Waals surface area contributed by atoms with Gasteiger partial charge in [0.25, 0.3) is 5.56 Å². The van der Waals surface area contributed by atoms with Crippen molar-refractivity contribution in [2.24, 2.45) is 0 Å². The van der Waals surface area contributed by atoms with Crippen LogP contribution in [0.1, 0.15) is 17.5 Å². The van der Waals surface area contributed by atoms with Crippen molar-refractivity contribution < 1.29 is 5.11 Å². The average molecular weight is 429 g/mol. The average Bonchev–Trinajstić information content (AvgIpc) is 3.24. The molecule has 0 saturated heterocycles. The molecule has 0 unspecified atom stereocenters. The number of nitriles is 2. The first kappa shape index (κ1) is 20.2. The summed E-state index contributed by atoms with van der Waals surface area (Å²) in [6.07, 6.45) is 2.91. The van der Waals surface area contributed by atoms with Gasteiger partial charge in [-0.2, -0.15) is 10.5 Å². The molecule has 9 heteroatoms. The minimum absolute atomic E-state index is 0.0854. The van der Waals surface area contributed by atoms with Crippen LogP contribution in [0.4, 0.5) is 0 Å². The molecular formula is C22H15N5O3S. The third-order valence-electron chi connectivity index (χ3n) is 4.80. The van der Waals surface area contributed by atoms with Gasteiger partial charge in [0.2, 0.25) is 0 Å². The highest BCUT2D eigenvalue weighted by atomic mass is 32.1. The summed E-state index contributed by atoms with van der Waals surface area (Å²) in [7, 11) is 0. The molecule has 0 atom stereocenters. The topological polar surface area (TPSA) is 125 Å². The summed E-state index contributed by atoms with van der Waals surface area (Å²) in [6, 6.07) is 14.4. The van der Waals surface area contributed by atoms with Gasteiger partial charge in [-0.05, 0) is 23.8 Å². The van der Waals surface area contributed by atoms with Crippen LogP contribution in [0.25, 0.3) is 26.3 Å². The third kappa shape index (κ3) is 3.53. The number of hydrogen-bond donors (Lipinski definition) is 1. The summed E-state index contributed by atoms with van der Waals surface area (Å²) in [5.74, 6) is 0. The van der Waals surface area contributed by atoms with Crippen LogP contribution in [0.15, 0.2) is 58.4 Å². The Labute approximate surface area is 180 Å². The number of thiophene rings is 1. The fourth-order valence-corrected chi connectivity index (χ4v) is 4.49. The first-order valence-electron chi connectivity index (χ1n) is 9.30. The predicted octanol–water partition coefficient (Wildman–Crippen LogP) is 2.55. The van der Waals surface area contributed by atoms with Crippen LogP contribution in [0.5, 0.6) is 0 Å². The summed E-state index contributed by atoms with van der Waals surface area (Å²) in [5.41, 5.74) is 1.13. The van der Waals surface area contributed by atoms with Gasteiger partial charge in [-0.15, -0.1) is 11.3 Å². The van der Waals surface area contributed by atoms with Gasteiger partial charge < -0.3 is 5.11 Å². The molecule has 3 aromatic heterocycles. The van der Waals surface area contributed by atoms with Gasteiger partial charge in [0.15, 0.2) is 0 Å². The predicted molar refractivity (Wildman–Crippen MR) is 116 cm³/mol. The Balaban J connectivity index is 2.05. The molecule has 0 amide bonds. The van der Waals surface area contributed by atoms with E-state index in [0.29, 0.717) is 31.8 Å². The molecule has 0 fully saturated rings. The summed E-state index contributed by atoms with van der Waals surface area (Å²) >= 11 is 1.18. The lowest BCUT2D eigenvalue weighted by Gasteiger charge is -2.11. The highest BCUT2D eigenvalue weighted by Crippen LogP contribution is 2.33. The molecule has 0 radical (unpaired) electrons. The van der Waals surface area contributed by atoms with Crippen LogP contribution < -0.4 is 11.2 Å². The number of nitrogens with zero attached hydrogens (tertiary/aromatic N) is 5. The third-order valence-corrected chi connectivity index (χ3v) is 5.95. The summed E-state index contributed by atoms with van der Waals surface area (Å²) in [4.78, 5) is 31.3. The lowest BCUT2D eigenvalue weighted by molar-refractivity contribution is 0.281. The number of rotatable bonds is 5. The molecule has 0 bridgehead atoms. The lowest BCUT2D eigenvalue weighted by Crippen LogP contribution is -2.38. The smallest absolute Gasteiger partial charge is 0.336 e. The number of aromatic nitrogens is 3. The molecule has 0 aliphatic heterocycles. The van der Waals surface area contributed by atoms with E-state index in [4.69, 9.17) is 5.26 Å². The number of pyridine rings is 1. The number of fused-ring (bicyclic) bond motifs is 1. The Hall–Kier alpha value is -4.05. The van der Waals surface area contributed by atoms with Gasteiger partial charge in [-0.25, -0.2) is 9.36 Å². The SMILES string of the molecule is N#CCCn1c(=O)n(-c2cncc(CO)c2)c(=O)c2sc(-c3ccccc3C#N)cc21. The molecule has 0 saturated carbocycles. The van der Waals surface area contributed by atoms with Crippen molar-refractivity contribution in [2.45, 2.75) is 19.6 Å². The normalized spacial score (nSPS) is 10.7. The standard InChI is InChI=1S/C22H15N5O3S/c23-6-3-7-26-18-9-19(17-5-2-1-4-15(17)10-24)31-20(18)21(29)27(22(26)30)16-8-14(13-28)11-25-12-16/h1-2,4-5,8-9,11-12,28H,3,7,13H2. The van der Waals surface area contributed by atoms with E-state index >= 15 is 0 Å². The number of hydrogen-bond acceptors (Lipinski definition) is 7. The number of aryl methyl sites for hydroxylation is 1. The van der Waals surface area contributed by atoms with Crippen LogP contribution in [0.3, 0.4) is 0 Å². The molecule has 152 valence electrons. The maximum atomic E-state index is 13.3. The van der Waals surface area contributed by atoms with Gasteiger partial charge in [-0.3, -0.25) is 14.3 Å². The monoisotopic (exact) mass is 429 g/mol. The van der Waals surface area contributed by atoms with Crippen molar-refractivity contribution in [1.82, 2.24) is 14.1 Å². The minimum Gasteiger partial charge on any atom is -0.392 e. The van der Waals surface area contributed by atoms with Crippen molar-refractivity contribution in [2.75, 3.05) is 0 Å². The van der Waals surface area contributed by atoms with Crippen molar-refractivity contribution in [3.05, 3.63) is 80.8 Å². The van der Waals surface area contributed by atoms with Gasteiger partial charge in [0, 0.05) is 23.2 Å². The van der Waals surface area contributed by atoms with E-state index in [1.807, 2.05) is 6.07 Å². The first-order valence-corrected chi connectivity index (χ1v) is 10.1. The van der Waals surface area contributed by atoms with Crippen molar-refractivity contribution in [3.63, 3.8) is 0 Å². The molecule has 0 spiro atoms. The Morgan fingerprint density at radius 1 is 1.13 bits per heavy atom. The van der Waals surface area contributed by atoms with E-state index in [-0.39, 0.29) is 25.3 Å². The van der Waals surface area contributed by atoms with Crippen LogP contribution in [0.2, 0.25) is 0 Å². The second-order valence-corrected chi connectivity index (χ2v) is 7.73. The number of benzene rings is 1. The van der Waals surface area contributed by atoms with Crippen LogP contribution in [0, 0.1) is 22.7 Å². The second-order valence-electron chi connectivity index (χ2n) is 6.67. The molecule has 1 N–H and O–H groups in total. The molecule has 0 aliphatic carbocycles. The first-order chi connectivity index (χ1) is 15.1. The largest absolute Gasteiger partial charge is 0.392 e. The molecule has 8 nitrogen and oxygen atoms in total. The Morgan fingerprint density at radius 2 is 1.94 bits per heavy atom. The highest BCUT2D eigenvalue weighted by Gasteiger charge is 2.19. The maximum absolute atomic E-state index is 13.3. The van der Waals surface area contributed by atoms with Gasteiger partial charge in [0.1, 0.15) is 4.70 Å². The zero-order valence-corrected chi connectivity index (χ0v) is 17.0. The van der Waals surface area contributed by atoms with E-state index in [0.717, 1.165) is 4.57 Å². The molecule has 1 aromatic carbocycles. The number of aliphatic hydroxyl groups excluding tert-OH is 1. The van der Waals surface area contributed by atoms with Crippen molar-refractivity contribution >= 4 is 21.6 Å². The minimum atomic E-state index is -0.595. The molecule has 31 heavy (non-hydrogen) atoms. The summed E-state index contributed by atoms with van der Waals surface area (Å²) in [6.45, 7) is -0.177. The van der Waals surface area contributed by atoms with Crippen molar-refractivity contribution in [3.8, 4) is 28.3 Å². The Morgan fingerprint density at radius 3 is 2.68 bits per heavy atom. The van der Waals surface area contributed by atoms with E-state index < -0.39 is 11.2 Å². The van der Waals surface area contributed by atoms with Crippen LogP contribution in [-0.4, -0.2) is 19.2 Å². The molecular weight excluding hydrogens is 414 g/mol. The summed E-state index contributed by atoms with van der Waals surface area (Å²) < 4.78 is 2.72. The zero-order chi connectivity index (χ0) is 22.0. The van der Waals surface area contributed by atoms with Gasteiger partial charge in [-0.1, -0.05) is 18.2 Å². The fraction of sp³-hybridized carbons (Fsp3) is 0.136. The second kappa shape index (κ2) is 8.36. The van der Waals surface area contributed by atoms with Crippen molar-refractivity contribution in [1.29, 1.82) is 10.5 Å². The van der Waals surface area contributed by atoms with E-state index in [2.05, 4.69) is 11.1 Å². The van der Waals surface area contributed by atoms with Crippen LogP contribution in [-0.2, 0) is 13.2 Å². The lowest BCUT2D eigenvalue weighted by atomic mass is 10.1. The molecule has 4 rings (SSSR count). The summed E-state index contributed by atoms with van der Waals surface area (Å²) in [5, 5.41) is 27.9. The van der Waals surface area contributed by atoms with E-state index in [1.54, 1.807) is 30.3 Å².